The van der Waals surface area contributed by atoms with Crippen molar-refractivity contribution in [3.05, 3.63) is 80.3 Å². The van der Waals surface area contributed by atoms with Gasteiger partial charge in [0.1, 0.15) is 6.33 Å². The number of rotatable bonds is 5. The molecule has 8 nitrogen and oxygen atoms in total. The van der Waals surface area contributed by atoms with E-state index in [4.69, 9.17) is 0 Å². The van der Waals surface area contributed by atoms with Crippen molar-refractivity contribution in [3.63, 3.8) is 0 Å². The fraction of sp³-hybridized carbons (Fsp3) is 0.0500. The minimum absolute atomic E-state index is 0.103. The molecule has 0 saturated heterocycles. The maximum Gasteiger partial charge on any atom is 0.353 e. The summed E-state index contributed by atoms with van der Waals surface area (Å²) in [5.41, 5.74) is 2.83. The van der Waals surface area contributed by atoms with Crippen molar-refractivity contribution >= 4 is 62.2 Å². The van der Waals surface area contributed by atoms with E-state index in [0.29, 0.717) is 11.4 Å². The van der Waals surface area contributed by atoms with Gasteiger partial charge in [0.05, 0.1) is 10.4 Å². The second kappa shape index (κ2) is 7.95. The second-order valence-electron chi connectivity index (χ2n) is 6.26. The highest BCUT2D eigenvalue weighted by Crippen LogP contribution is 2.34. The van der Waals surface area contributed by atoms with E-state index >= 15 is 0 Å². The smallest absolute Gasteiger partial charge is 0.334 e. The number of benzene rings is 2. The van der Waals surface area contributed by atoms with Crippen LogP contribution in [-0.4, -0.2) is 19.9 Å². The first-order chi connectivity index (χ1) is 14.0. The fourth-order valence-electron chi connectivity index (χ4n) is 2.90. The number of aryl methyl sites for hydroxylation is 1. The highest BCUT2D eigenvalue weighted by atomic mass is 127. The van der Waals surface area contributed by atoms with Crippen LogP contribution in [0.3, 0.4) is 0 Å². The van der Waals surface area contributed by atoms with Gasteiger partial charge < -0.3 is 10.6 Å². The molecule has 0 atom stereocenters. The van der Waals surface area contributed by atoms with E-state index in [1.165, 1.54) is 6.33 Å². The van der Waals surface area contributed by atoms with Crippen LogP contribution in [0.1, 0.15) is 5.69 Å². The molecule has 0 unspecified atom stereocenters. The summed E-state index contributed by atoms with van der Waals surface area (Å²) in [5.74, 6) is 0.217. The third-order valence-corrected chi connectivity index (χ3v) is 4.96. The van der Waals surface area contributed by atoms with E-state index in [1.54, 1.807) is 0 Å². The van der Waals surface area contributed by atoms with Crippen molar-refractivity contribution in [2.24, 2.45) is 0 Å². The molecule has 2 N–H and O–H groups in total. The first kappa shape index (κ1) is 19.0. The molecule has 0 aliphatic carbocycles. The molecule has 29 heavy (non-hydrogen) atoms. The van der Waals surface area contributed by atoms with Crippen LogP contribution in [0.5, 0.6) is 0 Å². The van der Waals surface area contributed by atoms with Crippen molar-refractivity contribution in [3.8, 4) is 0 Å². The second-order valence-corrected chi connectivity index (χ2v) is 7.50. The molecule has 144 valence electrons. The summed E-state index contributed by atoms with van der Waals surface area (Å²) in [4.78, 5) is 24.0. The maximum atomic E-state index is 11.8. The van der Waals surface area contributed by atoms with Gasteiger partial charge in [-0.05, 0) is 78.0 Å². The molecule has 0 saturated carbocycles. The molecule has 2 aromatic carbocycles. The lowest BCUT2D eigenvalue weighted by Crippen LogP contribution is -2.05. The van der Waals surface area contributed by atoms with E-state index < -0.39 is 4.92 Å². The summed E-state index contributed by atoms with van der Waals surface area (Å²) in [6.45, 7) is 1.91. The van der Waals surface area contributed by atoms with Crippen molar-refractivity contribution < 1.29 is 4.92 Å². The lowest BCUT2D eigenvalue weighted by atomic mass is 10.1. The van der Waals surface area contributed by atoms with E-state index in [0.717, 1.165) is 20.2 Å². The van der Waals surface area contributed by atoms with Crippen LogP contribution >= 0.6 is 22.6 Å². The number of hydrogen-bond acceptors (Lipinski definition) is 7. The molecular weight excluding hydrogens is 483 g/mol. The van der Waals surface area contributed by atoms with E-state index in [2.05, 4.69) is 48.2 Å². The van der Waals surface area contributed by atoms with Crippen LogP contribution in [0.15, 0.2) is 60.9 Å². The van der Waals surface area contributed by atoms with Crippen LogP contribution in [0.2, 0.25) is 0 Å². The third kappa shape index (κ3) is 4.09. The summed E-state index contributed by atoms with van der Waals surface area (Å²) >= 11 is 2.19. The summed E-state index contributed by atoms with van der Waals surface area (Å²) in [6.07, 6.45) is 1.29. The predicted molar refractivity (Wildman–Crippen MR) is 121 cm³/mol. The first-order valence-electron chi connectivity index (χ1n) is 8.66. The standard InChI is InChI=1S/C20H15IN6O2/c1-12-5-10-15-16(24-12)3-2-4-17(15)26-20-18(27(28)29)19(22-11-23-20)25-14-8-6-13(21)7-9-14/h2-11H,1H3,(H2,22,23,25,26). The maximum absolute atomic E-state index is 11.8. The first-order valence-corrected chi connectivity index (χ1v) is 9.74. The van der Waals surface area contributed by atoms with Gasteiger partial charge in [0, 0.05) is 26.0 Å². The van der Waals surface area contributed by atoms with Gasteiger partial charge in [0.25, 0.3) is 0 Å². The lowest BCUT2D eigenvalue weighted by Gasteiger charge is -2.12. The number of pyridine rings is 1. The monoisotopic (exact) mass is 498 g/mol. The number of halogens is 1. The number of hydrogen-bond donors (Lipinski definition) is 2. The molecule has 0 radical (unpaired) electrons. The molecule has 0 amide bonds. The Balaban J connectivity index is 1.75. The van der Waals surface area contributed by atoms with Gasteiger partial charge in [-0.1, -0.05) is 6.07 Å². The van der Waals surface area contributed by atoms with Crippen LogP contribution in [0.4, 0.5) is 28.7 Å². The van der Waals surface area contributed by atoms with Gasteiger partial charge in [0.2, 0.25) is 11.6 Å². The lowest BCUT2D eigenvalue weighted by molar-refractivity contribution is -0.383. The zero-order chi connectivity index (χ0) is 20.4. The Hall–Kier alpha value is -3.34. The highest BCUT2D eigenvalue weighted by molar-refractivity contribution is 14.1. The summed E-state index contributed by atoms with van der Waals surface area (Å²) in [5, 5.41) is 18.7. The molecule has 2 aromatic heterocycles. The Labute approximate surface area is 179 Å². The zero-order valence-corrected chi connectivity index (χ0v) is 17.4. The van der Waals surface area contributed by atoms with Crippen LogP contribution in [0, 0.1) is 20.6 Å². The summed E-state index contributed by atoms with van der Waals surface area (Å²) in [7, 11) is 0. The Morgan fingerprint density at radius 1 is 0.966 bits per heavy atom. The molecule has 2 heterocycles. The van der Waals surface area contributed by atoms with Crippen molar-refractivity contribution in [2.45, 2.75) is 6.92 Å². The largest absolute Gasteiger partial charge is 0.353 e. The number of fused-ring (bicyclic) bond motifs is 1. The quantitative estimate of drug-likeness (QED) is 0.218. The highest BCUT2D eigenvalue weighted by Gasteiger charge is 2.23. The SMILES string of the molecule is Cc1ccc2c(Nc3ncnc(Nc4ccc(I)cc4)c3[N+](=O)[O-])cccc2n1. The van der Waals surface area contributed by atoms with Crippen LogP contribution in [-0.2, 0) is 0 Å². The molecule has 0 spiro atoms. The third-order valence-electron chi connectivity index (χ3n) is 4.24. The summed E-state index contributed by atoms with van der Waals surface area (Å²) < 4.78 is 1.06. The number of nitrogens with zero attached hydrogens (tertiary/aromatic N) is 4. The van der Waals surface area contributed by atoms with Gasteiger partial charge in [-0.25, -0.2) is 9.97 Å². The Kier molecular flexibility index (Phi) is 5.21. The minimum Gasteiger partial charge on any atom is -0.334 e. The Morgan fingerprint density at radius 2 is 1.69 bits per heavy atom. The number of nitro groups is 1. The molecule has 4 aromatic rings. The fourth-order valence-corrected chi connectivity index (χ4v) is 3.26. The van der Waals surface area contributed by atoms with Gasteiger partial charge in [0.15, 0.2) is 0 Å². The van der Waals surface area contributed by atoms with Crippen molar-refractivity contribution in [1.82, 2.24) is 15.0 Å². The van der Waals surface area contributed by atoms with Crippen LogP contribution < -0.4 is 10.6 Å². The number of aromatic nitrogens is 3. The van der Waals surface area contributed by atoms with E-state index in [-0.39, 0.29) is 17.3 Å². The van der Waals surface area contributed by atoms with Gasteiger partial charge >= 0.3 is 5.69 Å². The average molecular weight is 498 g/mol. The molecule has 9 heteroatoms. The molecule has 0 fully saturated rings. The minimum atomic E-state index is -0.495. The van der Waals surface area contributed by atoms with Crippen molar-refractivity contribution in [2.75, 3.05) is 10.6 Å². The zero-order valence-electron chi connectivity index (χ0n) is 15.3. The average Bonchev–Trinajstić information content (AvgIpc) is 2.69. The van der Waals surface area contributed by atoms with Gasteiger partial charge in [-0.2, -0.15) is 0 Å². The normalized spacial score (nSPS) is 10.7. The predicted octanol–water partition coefficient (Wildman–Crippen LogP) is 5.33. The Morgan fingerprint density at radius 3 is 2.41 bits per heavy atom. The van der Waals surface area contributed by atoms with Gasteiger partial charge in [-0.3, -0.25) is 15.1 Å². The summed E-state index contributed by atoms with van der Waals surface area (Å²) in [6, 6.07) is 16.9. The topological polar surface area (TPSA) is 106 Å². The number of anilines is 4. The van der Waals surface area contributed by atoms with Crippen molar-refractivity contribution in [1.29, 1.82) is 0 Å². The van der Waals surface area contributed by atoms with E-state index in [9.17, 15) is 10.1 Å². The molecule has 0 aliphatic heterocycles. The Bertz CT molecular complexity index is 1210. The molecule has 0 aliphatic rings. The van der Waals surface area contributed by atoms with Crippen LogP contribution in [0.25, 0.3) is 10.9 Å². The molecule has 0 bridgehead atoms. The van der Waals surface area contributed by atoms with Gasteiger partial charge in [-0.15, -0.1) is 0 Å². The van der Waals surface area contributed by atoms with E-state index in [1.807, 2.05) is 61.5 Å². The number of nitrogens with one attached hydrogen (secondary N) is 2. The molecule has 4 rings (SSSR count). The molecular formula is C20H15IN6O2.